The van der Waals surface area contributed by atoms with Crippen LogP contribution in [-0.2, 0) is 9.36 Å². The molecule has 0 aliphatic heterocycles. The van der Waals surface area contributed by atoms with Gasteiger partial charge in [-0.15, -0.1) is 0 Å². The van der Waals surface area contributed by atoms with Gasteiger partial charge in [-0.3, -0.25) is 9.36 Å². The molecule has 0 unspecified atom stereocenters. The van der Waals surface area contributed by atoms with E-state index in [0.29, 0.717) is 5.57 Å². The van der Waals surface area contributed by atoms with E-state index in [1.54, 1.807) is 40.2 Å². The van der Waals surface area contributed by atoms with Gasteiger partial charge in [0.2, 0.25) is 5.78 Å². The largest absolute Gasteiger partial charge is 0.370 e. The van der Waals surface area contributed by atoms with Crippen LogP contribution in [-0.4, -0.2) is 58.2 Å². The SMILES string of the molecule is CC1=C(/C=C/C(C)=C/C=C/C(C)=C/C(=O)[C@](O)(C[N+](C)(C)C)P(=O)(O)O)C(C)(C)CCC1. The molecular weight excluding hydrogens is 425 g/mol. The molecule has 7 heteroatoms. The van der Waals surface area contributed by atoms with Crippen molar-refractivity contribution in [3.8, 4) is 0 Å². The van der Waals surface area contributed by atoms with Crippen LogP contribution in [0.2, 0.25) is 0 Å². The minimum absolute atomic E-state index is 0.0249. The molecule has 1 aliphatic carbocycles. The van der Waals surface area contributed by atoms with Crippen LogP contribution in [0.3, 0.4) is 0 Å². The molecule has 0 spiro atoms. The summed E-state index contributed by atoms with van der Waals surface area (Å²) in [5, 5.41) is 7.79. The van der Waals surface area contributed by atoms with Crippen LogP contribution in [0.1, 0.15) is 53.9 Å². The van der Waals surface area contributed by atoms with E-state index >= 15 is 0 Å². The first kappa shape index (κ1) is 28.5. The van der Waals surface area contributed by atoms with Crippen molar-refractivity contribution in [3.63, 3.8) is 0 Å². The molecule has 0 fully saturated rings. The third-order valence-electron chi connectivity index (χ3n) is 5.70. The summed E-state index contributed by atoms with van der Waals surface area (Å²) >= 11 is 0. The van der Waals surface area contributed by atoms with Crippen molar-refractivity contribution in [1.29, 1.82) is 0 Å². The van der Waals surface area contributed by atoms with E-state index < -0.39 is 25.3 Å². The lowest BCUT2D eigenvalue weighted by molar-refractivity contribution is -0.873. The molecule has 0 amide bonds. The molecule has 1 rings (SSSR count). The predicted octanol–water partition coefficient (Wildman–Crippen LogP) is 4.66. The van der Waals surface area contributed by atoms with Crippen LogP contribution in [0.4, 0.5) is 0 Å². The van der Waals surface area contributed by atoms with Crippen molar-refractivity contribution in [2.75, 3.05) is 27.7 Å². The zero-order valence-corrected chi connectivity index (χ0v) is 21.7. The number of hydrogen-bond acceptors (Lipinski definition) is 3. The van der Waals surface area contributed by atoms with Crippen molar-refractivity contribution in [1.82, 2.24) is 0 Å². The fourth-order valence-corrected chi connectivity index (χ4v) is 4.94. The van der Waals surface area contributed by atoms with Gasteiger partial charge in [0.25, 0.3) is 5.34 Å². The van der Waals surface area contributed by atoms with Crippen LogP contribution >= 0.6 is 7.60 Å². The highest BCUT2D eigenvalue weighted by atomic mass is 31.2. The van der Waals surface area contributed by atoms with Gasteiger partial charge in [-0.1, -0.05) is 55.4 Å². The number of allylic oxidation sites excluding steroid dienone is 9. The maximum atomic E-state index is 12.6. The molecule has 0 saturated carbocycles. The zero-order chi connectivity index (χ0) is 25.0. The van der Waals surface area contributed by atoms with Crippen molar-refractivity contribution in [3.05, 3.63) is 58.7 Å². The number of likely N-dealkylation sites (N-methyl/N-ethyl adjacent to an activating group) is 1. The Morgan fingerprint density at radius 3 is 2.25 bits per heavy atom. The number of carbonyl (C=O) groups excluding carboxylic acids is 1. The van der Waals surface area contributed by atoms with E-state index in [4.69, 9.17) is 0 Å². The quantitative estimate of drug-likeness (QED) is 0.199. The molecule has 0 radical (unpaired) electrons. The Bertz CT molecular complexity index is 909. The summed E-state index contributed by atoms with van der Waals surface area (Å²) in [6.07, 6.45) is 14.3. The maximum Gasteiger partial charge on any atom is 0.370 e. The van der Waals surface area contributed by atoms with Gasteiger partial charge in [0.05, 0.1) is 21.1 Å². The molecule has 180 valence electrons. The van der Waals surface area contributed by atoms with E-state index in [9.17, 15) is 24.3 Å². The number of rotatable bonds is 9. The summed E-state index contributed by atoms with van der Waals surface area (Å²) in [5.74, 6) is -0.997. The highest BCUT2D eigenvalue weighted by molar-refractivity contribution is 7.54. The summed E-state index contributed by atoms with van der Waals surface area (Å²) in [4.78, 5) is 31.8. The Kier molecular flexibility index (Phi) is 9.41. The standard InChI is InChI=1S/C25H40NO5P/c1-19(14-15-22-21(3)13-10-16-24(22,4)5)11-9-12-20(2)17-23(27)25(28,32(29,30)31)18-26(6,7)8/h9,11-12,14-15,17,28H,10,13,16,18H2,1-8H3,(H-,29,30,31)/p+1/b12-9+,15-14+,19-11+,20-17+/t25-/m0/s1. The van der Waals surface area contributed by atoms with E-state index in [2.05, 4.69) is 32.9 Å². The monoisotopic (exact) mass is 466 g/mol. The number of aliphatic hydroxyl groups is 1. The Morgan fingerprint density at radius 1 is 1.16 bits per heavy atom. The van der Waals surface area contributed by atoms with Crippen LogP contribution in [0, 0.1) is 5.41 Å². The third kappa shape index (κ3) is 8.09. The third-order valence-corrected chi connectivity index (χ3v) is 7.03. The molecule has 0 aromatic heterocycles. The van der Waals surface area contributed by atoms with Gasteiger partial charge in [-0.25, -0.2) is 0 Å². The molecule has 3 N–H and O–H groups in total. The molecule has 0 saturated heterocycles. The lowest BCUT2D eigenvalue weighted by Gasteiger charge is -2.34. The van der Waals surface area contributed by atoms with E-state index in [1.807, 2.05) is 13.0 Å². The normalized spacial score (nSPS) is 20.8. The molecule has 1 atom stereocenters. The fraction of sp³-hybridized carbons (Fsp3) is 0.560. The summed E-state index contributed by atoms with van der Waals surface area (Å²) in [7, 11) is -0.130. The first-order valence-electron chi connectivity index (χ1n) is 10.9. The molecule has 0 bridgehead atoms. The lowest BCUT2D eigenvalue weighted by Crippen LogP contribution is -2.53. The molecule has 6 nitrogen and oxygen atoms in total. The zero-order valence-electron chi connectivity index (χ0n) is 20.8. The number of ketones is 1. The highest BCUT2D eigenvalue weighted by Gasteiger charge is 2.54. The number of carbonyl (C=O) groups is 1. The Labute approximate surface area is 193 Å². The average molecular weight is 467 g/mol. The fourth-order valence-electron chi connectivity index (χ4n) is 3.98. The van der Waals surface area contributed by atoms with Crippen molar-refractivity contribution in [2.24, 2.45) is 5.41 Å². The van der Waals surface area contributed by atoms with Gasteiger partial charge in [0.15, 0.2) is 0 Å². The second-order valence-electron chi connectivity index (χ2n) is 10.6. The Hall–Kier alpha value is -1.56. The molecule has 1 aliphatic rings. The Morgan fingerprint density at radius 2 is 1.75 bits per heavy atom. The van der Waals surface area contributed by atoms with Gasteiger partial charge in [0, 0.05) is 0 Å². The Balaban J connectivity index is 2.99. The van der Waals surface area contributed by atoms with Gasteiger partial charge in [-0.2, -0.15) is 0 Å². The van der Waals surface area contributed by atoms with Crippen molar-refractivity contribution in [2.45, 2.75) is 59.2 Å². The summed E-state index contributed by atoms with van der Waals surface area (Å²) in [5.41, 5.74) is 4.53. The van der Waals surface area contributed by atoms with Crippen LogP contribution in [0.5, 0.6) is 0 Å². The van der Waals surface area contributed by atoms with Crippen LogP contribution < -0.4 is 0 Å². The smallest absolute Gasteiger partial charge is 0.366 e. The van der Waals surface area contributed by atoms with Gasteiger partial charge in [-0.05, 0) is 62.7 Å². The molecule has 0 aromatic carbocycles. The summed E-state index contributed by atoms with van der Waals surface area (Å²) in [6.45, 7) is 9.98. The minimum atomic E-state index is -5.08. The van der Waals surface area contributed by atoms with E-state index in [0.717, 1.165) is 18.1 Å². The molecule has 0 aromatic rings. The molecule has 0 heterocycles. The minimum Gasteiger partial charge on any atom is -0.366 e. The van der Waals surface area contributed by atoms with Gasteiger partial charge >= 0.3 is 7.60 Å². The van der Waals surface area contributed by atoms with Gasteiger partial charge < -0.3 is 19.4 Å². The summed E-state index contributed by atoms with van der Waals surface area (Å²) in [6, 6.07) is 0. The second-order valence-corrected chi connectivity index (χ2v) is 12.4. The number of nitrogens with zero attached hydrogens (tertiary/aromatic N) is 1. The van der Waals surface area contributed by atoms with Crippen molar-refractivity contribution >= 4 is 13.4 Å². The highest BCUT2D eigenvalue weighted by Crippen LogP contribution is 2.50. The maximum absolute atomic E-state index is 12.6. The number of quaternary nitrogens is 1. The van der Waals surface area contributed by atoms with E-state index in [1.165, 1.54) is 24.0 Å². The number of hydrogen-bond donors (Lipinski definition) is 3. The topological polar surface area (TPSA) is 94.8 Å². The van der Waals surface area contributed by atoms with Crippen LogP contribution in [0.15, 0.2) is 58.7 Å². The lowest BCUT2D eigenvalue weighted by atomic mass is 9.72. The van der Waals surface area contributed by atoms with E-state index in [-0.39, 0.29) is 9.90 Å². The molecular formula is C25H41NO5P+. The predicted molar refractivity (Wildman–Crippen MR) is 131 cm³/mol. The first-order chi connectivity index (χ1) is 14.4. The average Bonchev–Trinajstić information content (AvgIpc) is 2.58. The van der Waals surface area contributed by atoms with Crippen molar-refractivity contribution < 1.29 is 28.7 Å². The molecule has 32 heavy (non-hydrogen) atoms. The van der Waals surface area contributed by atoms with Crippen LogP contribution in [0.25, 0.3) is 0 Å². The first-order valence-corrected chi connectivity index (χ1v) is 12.5. The van der Waals surface area contributed by atoms with Gasteiger partial charge in [0.1, 0.15) is 6.54 Å². The second kappa shape index (κ2) is 10.6. The summed E-state index contributed by atoms with van der Waals surface area (Å²) < 4.78 is 11.9.